The highest BCUT2D eigenvalue weighted by atomic mass is 35.5. The number of carbonyl (C=O) groups excluding carboxylic acids is 1. The molecule has 1 amide bonds. The van der Waals surface area contributed by atoms with Gasteiger partial charge in [-0.1, -0.05) is 37.1 Å². The van der Waals surface area contributed by atoms with Crippen LogP contribution in [0, 0.1) is 5.92 Å². The molecular formula is C18H27ClN2O. The van der Waals surface area contributed by atoms with E-state index >= 15 is 0 Å². The summed E-state index contributed by atoms with van der Waals surface area (Å²) in [5, 5.41) is 3.84. The van der Waals surface area contributed by atoms with E-state index in [9.17, 15) is 4.79 Å². The summed E-state index contributed by atoms with van der Waals surface area (Å²) in [5.41, 5.74) is 1.15. The third-order valence-corrected chi connectivity index (χ3v) is 4.74. The maximum absolute atomic E-state index is 12.2. The molecule has 0 bridgehead atoms. The van der Waals surface area contributed by atoms with Crippen molar-refractivity contribution in [3.05, 3.63) is 34.9 Å². The number of hydrogen-bond acceptors (Lipinski definition) is 2. The number of nitrogens with zero attached hydrogens (tertiary/aromatic N) is 1. The second kappa shape index (κ2) is 8.54. The van der Waals surface area contributed by atoms with Gasteiger partial charge in [0.05, 0.1) is 0 Å². The van der Waals surface area contributed by atoms with Crippen molar-refractivity contribution < 1.29 is 4.79 Å². The molecule has 1 fully saturated rings. The Morgan fingerprint density at radius 2 is 1.82 bits per heavy atom. The van der Waals surface area contributed by atoms with Crippen molar-refractivity contribution in [2.75, 3.05) is 19.6 Å². The Balaban J connectivity index is 1.74. The smallest absolute Gasteiger partial charge is 0.223 e. The molecular weight excluding hydrogens is 296 g/mol. The monoisotopic (exact) mass is 322 g/mol. The maximum atomic E-state index is 12.2. The van der Waals surface area contributed by atoms with Gasteiger partial charge in [0, 0.05) is 23.5 Å². The van der Waals surface area contributed by atoms with Crippen LogP contribution < -0.4 is 5.32 Å². The summed E-state index contributed by atoms with van der Waals surface area (Å²) >= 11 is 5.89. The fourth-order valence-electron chi connectivity index (χ4n) is 2.98. The second-order valence-electron chi connectivity index (χ2n) is 6.42. The van der Waals surface area contributed by atoms with E-state index in [-0.39, 0.29) is 11.8 Å². The molecule has 2 atom stereocenters. The lowest BCUT2D eigenvalue weighted by atomic mass is 10.0. The molecule has 3 nitrogen and oxygen atoms in total. The SMILES string of the molecule is CC(Cc1ccc(Cl)cc1)C(=O)NCC(C)N1CCCCC1. The Labute approximate surface area is 139 Å². The number of amides is 1. The largest absolute Gasteiger partial charge is 0.354 e. The third-order valence-electron chi connectivity index (χ3n) is 4.49. The average Bonchev–Trinajstić information content (AvgIpc) is 2.55. The van der Waals surface area contributed by atoms with Crippen LogP contribution in [0.1, 0.15) is 38.7 Å². The Kier molecular flexibility index (Phi) is 6.71. The lowest BCUT2D eigenvalue weighted by Crippen LogP contribution is -2.45. The first kappa shape index (κ1) is 17.3. The minimum absolute atomic E-state index is 0.0188. The van der Waals surface area contributed by atoms with Crippen LogP contribution >= 0.6 is 11.6 Å². The van der Waals surface area contributed by atoms with Gasteiger partial charge >= 0.3 is 0 Å². The average molecular weight is 323 g/mol. The molecule has 0 spiro atoms. The first-order valence-corrected chi connectivity index (χ1v) is 8.70. The number of nitrogens with one attached hydrogen (secondary N) is 1. The zero-order chi connectivity index (χ0) is 15.9. The van der Waals surface area contributed by atoms with Gasteiger partial charge in [-0.15, -0.1) is 0 Å². The van der Waals surface area contributed by atoms with Crippen molar-refractivity contribution in [1.29, 1.82) is 0 Å². The quantitative estimate of drug-likeness (QED) is 0.869. The lowest BCUT2D eigenvalue weighted by Gasteiger charge is -2.32. The van der Waals surface area contributed by atoms with Crippen LogP contribution in [0.2, 0.25) is 5.02 Å². The highest BCUT2D eigenvalue weighted by Gasteiger charge is 2.19. The maximum Gasteiger partial charge on any atom is 0.223 e. The summed E-state index contributed by atoms with van der Waals surface area (Å²) in [6.45, 7) is 7.25. The fourth-order valence-corrected chi connectivity index (χ4v) is 3.10. The Morgan fingerprint density at radius 1 is 1.18 bits per heavy atom. The van der Waals surface area contributed by atoms with Gasteiger partial charge in [-0.25, -0.2) is 0 Å². The lowest BCUT2D eigenvalue weighted by molar-refractivity contribution is -0.124. The molecule has 0 radical (unpaired) electrons. The Morgan fingerprint density at radius 3 is 2.45 bits per heavy atom. The number of hydrogen-bond donors (Lipinski definition) is 1. The van der Waals surface area contributed by atoms with Crippen molar-refractivity contribution in [3.63, 3.8) is 0 Å². The molecule has 1 heterocycles. The van der Waals surface area contributed by atoms with Gasteiger partial charge in [-0.2, -0.15) is 0 Å². The number of benzene rings is 1. The van der Waals surface area contributed by atoms with Gasteiger partial charge < -0.3 is 5.32 Å². The summed E-state index contributed by atoms with van der Waals surface area (Å²) in [7, 11) is 0. The number of rotatable bonds is 6. The predicted octanol–water partition coefficient (Wildman–Crippen LogP) is 3.51. The number of piperidine rings is 1. The van der Waals surface area contributed by atoms with Crippen molar-refractivity contribution in [2.45, 2.75) is 45.6 Å². The van der Waals surface area contributed by atoms with Gasteiger partial charge in [0.1, 0.15) is 0 Å². The van der Waals surface area contributed by atoms with Crippen LogP contribution in [0.3, 0.4) is 0 Å². The van der Waals surface area contributed by atoms with E-state index in [1.165, 1.54) is 19.3 Å². The molecule has 1 saturated heterocycles. The van der Waals surface area contributed by atoms with E-state index < -0.39 is 0 Å². The van der Waals surface area contributed by atoms with Gasteiger partial charge in [0.25, 0.3) is 0 Å². The summed E-state index contributed by atoms with van der Waals surface area (Å²) < 4.78 is 0. The minimum atomic E-state index is -0.0188. The predicted molar refractivity (Wildman–Crippen MR) is 92.2 cm³/mol. The van der Waals surface area contributed by atoms with E-state index in [0.29, 0.717) is 6.04 Å². The third kappa shape index (κ3) is 5.29. The standard InChI is InChI=1S/C18H27ClN2O/c1-14(12-16-6-8-17(19)9-7-16)18(22)20-13-15(2)21-10-4-3-5-11-21/h6-9,14-15H,3-5,10-13H2,1-2H3,(H,20,22). The highest BCUT2D eigenvalue weighted by Crippen LogP contribution is 2.14. The first-order chi connectivity index (χ1) is 10.6. The van der Waals surface area contributed by atoms with Crippen molar-refractivity contribution in [3.8, 4) is 0 Å². The summed E-state index contributed by atoms with van der Waals surface area (Å²) in [4.78, 5) is 14.7. The normalized spacial score (nSPS) is 18.7. The van der Waals surface area contributed by atoms with Crippen LogP contribution in [0.5, 0.6) is 0 Å². The Bertz CT molecular complexity index is 468. The molecule has 122 valence electrons. The minimum Gasteiger partial charge on any atom is -0.354 e. The molecule has 0 aliphatic carbocycles. The van der Waals surface area contributed by atoms with E-state index in [1.54, 1.807) is 0 Å². The summed E-state index contributed by atoms with van der Waals surface area (Å²) in [6, 6.07) is 8.15. The molecule has 2 unspecified atom stereocenters. The first-order valence-electron chi connectivity index (χ1n) is 8.32. The van der Waals surface area contributed by atoms with Crippen LogP contribution in [0.4, 0.5) is 0 Å². The molecule has 0 aromatic heterocycles. The number of carbonyl (C=O) groups is 1. The van der Waals surface area contributed by atoms with Crippen molar-refractivity contribution in [1.82, 2.24) is 10.2 Å². The second-order valence-corrected chi connectivity index (χ2v) is 6.86. The van der Waals surface area contributed by atoms with Gasteiger partial charge in [-0.3, -0.25) is 9.69 Å². The molecule has 22 heavy (non-hydrogen) atoms. The van der Waals surface area contributed by atoms with Gasteiger partial charge in [0.15, 0.2) is 0 Å². The Hall–Kier alpha value is -1.06. The molecule has 2 rings (SSSR count). The fraction of sp³-hybridized carbons (Fsp3) is 0.611. The zero-order valence-electron chi connectivity index (χ0n) is 13.6. The van der Waals surface area contributed by atoms with E-state index in [2.05, 4.69) is 17.1 Å². The zero-order valence-corrected chi connectivity index (χ0v) is 14.4. The van der Waals surface area contributed by atoms with Crippen molar-refractivity contribution in [2.24, 2.45) is 5.92 Å². The molecule has 1 N–H and O–H groups in total. The molecule has 0 saturated carbocycles. The number of likely N-dealkylation sites (tertiary alicyclic amines) is 1. The molecule has 1 aromatic carbocycles. The van der Waals surface area contributed by atoms with Gasteiger partial charge in [0.2, 0.25) is 5.91 Å². The molecule has 1 aliphatic heterocycles. The van der Waals surface area contributed by atoms with Crippen molar-refractivity contribution >= 4 is 17.5 Å². The molecule has 1 aliphatic rings. The molecule has 1 aromatic rings. The topological polar surface area (TPSA) is 32.3 Å². The van der Waals surface area contributed by atoms with Crippen LogP contribution in [0.25, 0.3) is 0 Å². The van der Waals surface area contributed by atoms with E-state index in [0.717, 1.165) is 36.6 Å². The van der Waals surface area contributed by atoms with Crippen LogP contribution in [0.15, 0.2) is 24.3 Å². The summed E-state index contributed by atoms with van der Waals surface area (Å²) in [6.07, 6.45) is 4.66. The van der Waals surface area contributed by atoms with E-state index in [1.807, 2.05) is 31.2 Å². The number of halogens is 1. The highest BCUT2D eigenvalue weighted by molar-refractivity contribution is 6.30. The van der Waals surface area contributed by atoms with Crippen LogP contribution in [-0.2, 0) is 11.2 Å². The van der Waals surface area contributed by atoms with Crippen LogP contribution in [-0.4, -0.2) is 36.5 Å². The van der Waals surface area contributed by atoms with Gasteiger partial charge in [-0.05, 0) is 57.0 Å². The van der Waals surface area contributed by atoms with E-state index in [4.69, 9.17) is 11.6 Å². The molecule has 4 heteroatoms. The summed E-state index contributed by atoms with van der Waals surface area (Å²) in [5.74, 6) is 0.119.